The third kappa shape index (κ3) is 2.34. The molecule has 106 valence electrons. The van der Waals surface area contributed by atoms with Crippen LogP contribution in [0.1, 0.15) is 18.3 Å². The summed E-state index contributed by atoms with van der Waals surface area (Å²) < 4.78 is 0. The zero-order chi connectivity index (χ0) is 14.3. The zero-order valence-electron chi connectivity index (χ0n) is 11.9. The number of benzene rings is 1. The lowest BCUT2D eigenvalue weighted by atomic mass is 10.1. The average molecular weight is 272 g/mol. The van der Waals surface area contributed by atoms with Crippen LogP contribution in [0.15, 0.2) is 23.0 Å². The molecule has 1 aliphatic rings. The molecule has 0 bridgehead atoms. The molecule has 1 aliphatic heterocycles. The molecule has 1 aromatic heterocycles. The van der Waals surface area contributed by atoms with Crippen LogP contribution in [0.5, 0.6) is 0 Å². The molecule has 0 amide bonds. The number of aryl methyl sites for hydroxylation is 1. The predicted octanol–water partition coefficient (Wildman–Crippen LogP) is 1.01. The Labute approximate surface area is 117 Å². The van der Waals surface area contributed by atoms with Crippen molar-refractivity contribution < 1.29 is 0 Å². The van der Waals surface area contributed by atoms with E-state index in [4.69, 9.17) is 5.73 Å². The molecule has 5 nitrogen and oxygen atoms in total. The van der Waals surface area contributed by atoms with Gasteiger partial charge in [-0.3, -0.25) is 9.69 Å². The first-order valence-electron chi connectivity index (χ1n) is 7.01. The van der Waals surface area contributed by atoms with Crippen molar-refractivity contribution >= 4 is 10.9 Å². The Balaban J connectivity index is 1.93. The van der Waals surface area contributed by atoms with Crippen LogP contribution in [-0.2, 0) is 6.54 Å². The van der Waals surface area contributed by atoms with Crippen molar-refractivity contribution in [2.75, 3.05) is 13.1 Å². The number of rotatable bonds is 2. The topological polar surface area (TPSA) is 75.0 Å². The van der Waals surface area contributed by atoms with E-state index in [0.29, 0.717) is 17.8 Å². The van der Waals surface area contributed by atoms with E-state index in [1.54, 1.807) is 0 Å². The molecule has 2 heterocycles. The summed E-state index contributed by atoms with van der Waals surface area (Å²) in [6, 6.07) is 5.89. The third-order valence-corrected chi connectivity index (χ3v) is 4.11. The summed E-state index contributed by atoms with van der Waals surface area (Å²) in [4.78, 5) is 21.9. The van der Waals surface area contributed by atoms with Crippen molar-refractivity contribution in [3.63, 3.8) is 0 Å². The minimum atomic E-state index is -0.0646. The first-order valence-corrected chi connectivity index (χ1v) is 7.01. The monoisotopic (exact) mass is 272 g/mol. The van der Waals surface area contributed by atoms with Crippen LogP contribution in [0.2, 0.25) is 0 Å². The molecule has 3 N–H and O–H groups in total. The van der Waals surface area contributed by atoms with E-state index >= 15 is 0 Å². The summed E-state index contributed by atoms with van der Waals surface area (Å²) in [6.45, 7) is 6.60. The van der Waals surface area contributed by atoms with E-state index in [0.717, 1.165) is 30.0 Å². The lowest BCUT2D eigenvalue weighted by Crippen LogP contribution is -2.29. The number of nitrogens with two attached hydrogens (primary N) is 1. The Morgan fingerprint density at radius 1 is 1.45 bits per heavy atom. The summed E-state index contributed by atoms with van der Waals surface area (Å²) in [7, 11) is 0. The minimum Gasteiger partial charge on any atom is -0.326 e. The Bertz CT molecular complexity index is 684. The van der Waals surface area contributed by atoms with Crippen molar-refractivity contribution in [2.24, 2.45) is 11.7 Å². The number of aromatic amines is 1. The van der Waals surface area contributed by atoms with Gasteiger partial charge in [-0.15, -0.1) is 0 Å². The highest BCUT2D eigenvalue weighted by Gasteiger charge is 2.26. The van der Waals surface area contributed by atoms with E-state index in [-0.39, 0.29) is 11.6 Å². The second-order valence-corrected chi connectivity index (χ2v) is 5.82. The molecule has 0 aliphatic carbocycles. The van der Waals surface area contributed by atoms with Gasteiger partial charge in [0.2, 0.25) is 0 Å². The largest absolute Gasteiger partial charge is 0.326 e. The first kappa shape index (κ1) is 13.3. The number of H-pyrrole nitrogens is 1. The van der Waals surface area contributed by atoms with Gasteiger partial charge in [-0.05, 0) is 24.5 Å². The van der Waals surface area contributed by atoms with Crippen LogP contribution in [-0.4, -0.2) is 34.0 Å². The van der Waals surface area contributed by atoms with Gasteiger partial charge in [0.1, 0.15) is 5.82 Å². The Hall–Kier alpha value is -1.72. The highest BCUT2D eigenvalue weighted by Crippen LogP contribution is 2.17. The Kier molecular flexibility index (Phi) is 3.31. The van der Waals surface area contributed by atoms with Crippen molar-refractivity contribution in [1.82, 2.24) is 14.9 Å². The number of nitrogens with zero attached hydrogens (tertiary/aromatic N) is 2. The molecule has 3 rings (SSSR count). The van der Waals surface area contributed by atoms with Crippen LogP contribution in [0.25, 0.3) is 10.9 Å². The zero-order valence-corrected chi connectivity index (χ0v) is 11.9. The number of fused-ring (bicyclic) bond motifs is 1. The number of para-hydroxylation sites is 1. The van der Waals surface area contributed by atoms with Crippen LogP contribution in [0, 0.1) is 12.8 Å². The molecular formula is C15H20N4O. The quantitative estimate of drug-likeness (QED) is 0.855. The van der Waals surface area contributed by atoms with Gasteiger partial charge in [0, 0.05) is 19.1 Å². The molecule has 2 atom stereocenters. The molecule has 2 aromatic rings. The lowest BCUT2D eigenvalue weighted by molar-refractivity contribution is 0.310. The minimum absolute atomic E-state index is 0.0646. The normalized spacial score (nSPS) is 23.6. The number of hydrogen-bond donors (Lipinski definition) is 2. The second kappa shape index (κ2) is 5.00. The molecule has 0 spiro atoms. The van der Waals surface area contributed by atoms with Crippen LogP contribution in [0.3, 0.4) is 0 Å². The summed E-state index contributed by atoms with van der Waals surface area (Å²) in [5, 5.41) is 0.653. The fourth-order valence-corrected chi connectivity index (χ4v) is 2.86. The van der Waals surface area contributed by atoms with Crippen molar-refractivity contribution in [3.05, 3.63) is 39.9 Å². The first-order chi connectivity index (χ1) is 9.54. The maximum Gasteiger partial charge on any atom is 0.258 e. The van der Waals surface area contributed by atoms with E-state index in [2.05, 4.69) is 21.8 Å². The van der Waals surface area contributed by atoms with Gasteiger partial charge in [-0.25, -0.2) is 4.98 Å². The Morgan fingerprint density at radius 3 is 2.95 bits per heavy atom. The third-order valence-electron chi connectivity index (χ3n) is 4.11. The summed E-state index contributed by atoms with van der Waals surface area (Å²) >= 11 is 0. The fraction of sp³-hybridized carbons (Fsp3) is 0.467. The van der Waals surface area contributed by atoms with E-state index in [9.17, 15) is 4.79 Å². The average Bonchev–Trinajstić information content (AvgIpc) is 2.70. The fourth-order valence-electron chi connectivity index (χ4n) is 2.86. The van der Waals surface area contributed by atoms with Gasteiger partial charge in [0.05, 0.1) is 17.4 Å². The van der Waals surface area contributed by atoms with E-state index in [1.165, 1.54) is 0 Å². The van der Waals surface area contributed by atoms with Gasteiger partial charge < -0.3 is 10.7 Å². The molecule has 5 heteroatoms. The van der Waals surface area contributed by atoms with E-state index < -0.39 is 0 Å². The standard InChI is InChI=1S/C15H20N4O/c1-9-4-3-5-11-14(9)17-13(18-15(11)20)8-19-6-10(2)12(16)7-19/h3-5,10,12H,6-8,16H2,1-2H3,(H,17,18,20). The maximum atomic E-state index is 12.1. The predicted molar refractivity (Wildman–Crippen MR) is 79.5 cm³/mol. The summed E-state index contributed by atoms with van der Waals surface area (Å²) in [6.07, 6.45) is 0. The van der Waals surface area contributed by atoms with E-state index in [1.807, 2.05) is 25.1 Å². The number of likely N-dealkylation sites (tertiary alicyclic amines) is 1. The molecule has 2 unspecified atom stereocenters. The highest BCUT2D eigenvalue weighted by molar-refractivity contribution is 5.80. The SMILES string of the molecule is Cc1cccc2c(=O)[nH]c(CN3CC(C)C(N)C3)nc12. The lowest BCUT2D eigenvalue weighted by Gasteiger charge is -2.14. The number of hydrogen-bond acceptors (Lipinski definition) is 4. The molecule has 0 saturated carbocycles. The van der Waals surface area contributed by atoms with Crippen molar-refractivity contribution in [2.45, 2.75) is 26.4 Å². The molecule has 1 aromatic carbocycles. The molecular weight excluding hydrogens is 252 g/mol. The van der Waals surface area contributed by atoms with Gasteiger partial charge in [-0.1, -0.05) is 19.1 Å². The smallest absolute Gasteiger partial charge is 0.258 e. The van der Waals surface area contributed by atoms with Gasteiger partial charge >= 0.3 is 0 Å². The summed E-state index contributed by atoms with van der Waals surface area (Å²) in [5.41, 5.74) is 7.79. The number of nitrogens with one attached hydrogen (secondary N) is 1. The van der Waals surface area contributed by atoms with Crippen molar-refractivity contribution in [3.8, 4) is 0 Å². The van der Waals surface area contributed by atoms with Gasteiger partial charge in [0.25, 0.3) is 5.56 Å². The summed E-state index contributed by atoms with van der Waals surface area (Å²) in [5.74, 6) is 1.21. The van der Waals surface area contributed by atoms with Crippen LogP contribution < -0.4 is 11.3 Å². The van der Waals surface area contributed by atoms with Gasteiger partial charge in [0.15, 0.2) is 0 Å². The van der Waals surface area contributed by atoms with Crippen LogP contribution in [0.4, 0.5) is 0 Å². The number of aromatic nitrogens is 2. The van der Waals surface area contributed by atoms with Gasteiger partial charge in [-0.2, -0.15) is 0 Å². The van der Waals surface area contributed by atoms with Crippen molar-refractivity contribution in [1.29, 1.82) is 0 Å². The molecule has 1 fully saturated rings. The highest BCUT2D eigenvalue weighted by atomic mass is 16.1. The van der Waals surface area contributed by atoms with Crippen LogP contribution >= 0.6 is 0 Å². The maximum absolute atomic E-state index is 12.1. The molecule has 1 saturated heterocycles. The molecule has 0 radical (unpaired) electrons. The molecule has 20 heavy (non-hydrogen) atoms. The Morgan fingerprint density at radius 2 is 2.25 bits per heavy atom. The second-order valence-electron chi connectivity index (χ2n) is 5.82.